The van der Waals surface area contributed by atoms with Gasteiger partial charge in [-0.2, -0.15) is 5.10 Å². The van der Waals surface area contributed by atoms with Gasteiger partial charge in [-0.15, -0.1) is 0 Å². The summed E-state index contributed by atoms with van der Waals surface area (Å²) in [6, 6.07) is 8.26. The zero-order valence-corrected chi connectivity index (χ0v) is 16.9. The number of aromatic nitrogens is 2. The van der Waals surface area contributed by atoms with E-state index in [1.807, 2.05) is 19.2 Å². The van der Waals surface area contributed by atoms with Crippen LogP contribution in [0.15, 0.2) is 41.5 Å². The molecule has 2 N–H and O–H groups in total. The molecule has 1 aliphatic heterocycles. The molecule has 1 saturated heterocycles. The number of nitrogens with one attached hydrogen (secondary N) is 2. The lowest BCUT2D eigenvalue weighted by atomic mass is 10.3. The van der Waals surface area contributed by atoms with Gasteiger partial charge in [-0.25, -0.2) is 9.07 Å². The molecule has 2 heterocycles. The van der Waals surface area contributed by atoms with Crippen molar-refractivity contribution in [2.24, 2.45) is 4.99 Å². The fourth-order valence-corrected chi connectivity index (χ4v) is 3.03. The van der Waals surface area contributed by atoms with E-state index in [0.29, 0.717) is 19.8 Å². The number of ether oxygens (including phenoxy) is 2. The third kappa shape index (κ3) is 7.14. The van der Waals surface area contributed by atoms with Crippen LogP contribution in [0, 0.1) is 5.82 Å². The van der Waals surface area contributed by atoms with Crippen LogP contribution in [0.5, 0.6) is 0 Å². The van der Waals surface area contributed by atoms with Crippen molar-refractivity contribution in [2.45, 2.75) is 32.3 Å². The van der Waals surface area contributed by atoms with Crippen LogP contribution in [0.4, 0.5) is 4.39 Å². The van der Waals surface area contributed by atoms with E-state index in [0.717, 1.165) is 56.3 Å². The molecule has 0 bridgehead atoms. The summed E-state index contributed by atoms with van der Waals surface area (Å²) in [6.07, 6.45) is 4.78. The van der Waals surface area contributed by atoms with Gasteiger partial charge in [-0.05, 0) is 50.1 Å². The molecule has 2 aromatic rings. The van der Waals surface area contributed by atoms with Crippen molar-refractivity contribution in [1.29, 1.82) is 0 Å². The summed E-state index contributed by atoms with van der Waals surface area (Å²) in [4.78, 5) is 4.59. The SMILES string of the molecule is CCNC(=NCCCOC1CCOC1)NCCc1ccn(-c2ccc(F)cc2)n1. The molecule has 1 unspecified atom stereocenters. The van der Waals surface area contributed by atoms with Crippen molar-refractivity contribution in [2.75, 3.05) is 39.5 Å². The molecule has 29 heavy (non-hydrogen) atoms. The maximum absolute atomic E-state index is 13.0. The van der Waals surface area contributed by atoms with Gasteiger partial charge in [-0.1, -0.05) is 0 Å². The van der Waals surface area contributed by atoms with Crippen LogP contribution < -0.4 is 10.6 Å². The summed E-state index contributed by atoms with van der Waals surface area (Å²) in [6.45, 7) is 6.51. The van der Waals surface area contributed by atoms with Crippen LogP contribution in [0.2, 0.25) is 0 Å². The number of halogens is 1. The fourth-order valence-electron chi connectivity index (χ4n) is 3.03. The molecule has 1 aromatic heterocycles. The van der Waals surface area contributed by atoms with Crippen LogP contribution in [0.25, 0.3) is 5.69 Å². The molecule has 0 radical (unpaired) electrons. The molecular formula is C21H30FN5O2. The summed E-state index contributed by atoms with van der Waals surface area (Å²) in [5.74, 6) is 0.550. The van der Waals surface area contributed by atoms with E-state index < -0.39 is 0 Å². The van der Waals surface area contributed by atoms with Gasteiger partial charge in [0.2, 0.25) is 0 Å². The summed E-state index contributed by atoms with van der Waals surface area (Å²) in [7, 11) is 0. The summed E-state index contributed by atoms with van der Waals surface area (Å²) in [5.41, 5.74) is 1.80. The molecule has 0 amide bonds. The number of rotatable bonds is 10. The van der Waals surface area contributed by atoms with E-state index in [1.54, 1.807) is 16.8 Å². The molecule has 1 aromatic carbocycles. The van der Waals surface area contributed by atoms with Gasteiger partial charge in [0.1, 0.15) is 5.82 Å². The Morgan fingerprint density at radius 3 is 2.93 bits per heavy atom. The van der Waals surface area contributed by atoms with Crippen molar-refractivity contribution in [3.8, 4) is 5.69 Å². The van der Waals surface area contributed by atoms with Crippen LogP contribution >= 0.6 is 0 Å². The zero-order valence-electron chi connectivity index (χ0n) is 16.9. The Labute approximate surface area is 171 Å². The predicted octanol–water partition coefficient (Wildman–Crippen LogP) is 2.30. The van der Waals surface area contributed by atoms with Crippen molar-refractivity contribution >= 4 is 5.96 Å². The zero-order chi connectivity index (χ0) is 20.3. The normalized spacial score (nSPS) is 16.9. The predicted molar refractivity (Wildman–Crippen MR) is 111 cm³/mol. The van der Waals surface area contributed by atoms with Gasteiger partial charge in [0.15, 0.2) is 5.96 Å². The maximum Gasteiger partial charge on any atom is 0.191 e. The van der Waals surface area contributed by atoms with Crippen molar-refractivity contribution < 1.29 is 13.9 Å². The lowest BCUT2D eigenvalue weighted by Crippen LogP contribution is -2.38. The van der Waals surface area contributed by atoms with E-state index >= 15 is 0 Å². The maximum atomic E-state index is 13.0. The van der Waals surface area contributed by atoms with Gasteiger partial charge >= 0.3 is 0 Å². The molecule has 1 aliphatic rings. The first-order valence-corrected chi connectivity index (χ1v) is 10.3. The van der Waals surface area contributed by atoms with Crippen molar-refractivity contribution in [3.63, 3.8) is 0 Å². The van der Waals surface area contributed by atoms with Crippen LogP contribution in [-0.2, 0) is 15.9 Å². The lowest BCUT2D eigenvalue weighted by Gasteiger charge is -2.11. The van der Waals surface area contributed by atoms with Gasteiger partial charge in [0, 0.05) is 45.5 Å². The second kappa shape index (κ2) is 11.5. The average Bonchev–Trinajstić information content (AvgIpc) is 3.40. The number of hydrogen-bond acceptors (Lipinski definition) is 4. The largest absolute Gasteiger partial charge is 0.379 e. The Balaban J connectivity index is 1.38. The fraction of sp³-hybridized carbons (Fsp3) is 0.524. The van der Waals surface area contributed by atoms with Crippen molar-refractivity contribution in [3.05, 3.63) is 48.0 Å². The van der Waals surface area contributed by atoms with Crippen LogP contribution in [0.1, 0.15) is 25.5 Å². The minimum Gasteiger partial charge on any atom is -0.379 e. The molecule has 8 heteroatoms. The summed E-state index contributed by atoms with van der Waals surface area (Å²) >= 11 is 0. The Morgan fingerprint density at radius 1 is 1.31 bits per heavy atom. The Kier molecular flexibility index (Phi) is 8.45. The highest BCUT2D eigenvalue weighted by Gasteiger charge is 2.15. The molecule has 158 valence electrons. The second-order valence-electron chi connectivity index (χ2n) is 6.88. The van der Waals surface area contributed by atoms with Gasteiger partial charge in [0.05, 0.1) is 24.1 Å². The van der Waals surface area contributed by atoms with Crippen LogP contribution in [-0.4, -0.2) is 61.3 Å². The molecule has 7 nitrogen and oxygen atoms in total. The first-order valence-electron chi connectivity index (χ1n) is 10.3. The molecule has 3 rings (SSSR count). The van der Waals surface area contributed by atoms with E-state index in [4.69, 9.17) is 9.47 Å². The summed E-state index contributed by atoms with van der Waals surface area (Å²) in [5, 5.41) is 11.1. The number of hydrogen-bond donors (Lipinski definition) is 2. The van der Waals surface area contributed by atoms with E-state index in [1.165, 1.54) is 12.1 Å². The highest BCUT2D eigenvalue weighted by atomic mass is 19.1. The minimum atomic E-state index is -0.250. The standard InChI is InChI=1S/C21H30FN5O2/c1-2-23-21(24-11-3-14-29-20-10-15-28-16-20)25-12-8-18-9-13-27(26-18)19-6-4-17(22)5-7-19/h4-7,9,13,20H,2-3,8,10-12,14-16H2,1H3,(H2,23,24,25). The first kappa shape index (κ1) is 21.3. The Hall–Kier alpha value is -2.45. The molecule has 0 saturated carbocycles. The van der Waals surface area contributed by atoms with Gasteiger partial charge < -0.3 is 20.1 Å². The number of benzene rings is 1. The van der Waals surface area contributed by atoms with E-state index in [9.17, 15) is 4.39 Å². The van der Waals surface area contributed by atoms with Gasteiger partial charge in [-0.3, -0.25) is 4.99 Å². The lowest BCUT2D eigenvalue weighted by molar-refractivity contribution is 0.0424. The quantitative estimate of drug-likeness (QED) is 0.362. The Morgan fingerprint density at radius 2 is 2.17 bits per heavy atom. The minimum absolute atomic E-state index is 0.250. The highest BCUT2D eigenvalue weighted by molar-refractivity contribution is 5.79. The molecule has 1 atom stereocenters. The number of guanidine groups is 1. The number of nitrogens with zero attached hydrogens (tertiary/aromatic N) is 3. The van der Waals surface area contributed by atoms with E-state index in [-0.39, 0.29) is 11.9 Å². The van der Waals surface area contributed by atoms with E-state index in [2.05, 4.69) is 20.7 Å². The highest BCUT2D eigenvalue weighted by Crippen LogP contribution is 2.09. The first-order chi connectivity index (χ1) is 14.2. The molecule has 0 aliphatic carbocycles. The third-order valence-electron chi connectivity index (χ3n) is 4.57. The Bertz CT molecular complexity index is 757. The average molecular weight is 404 g/mol. The van der Waals surface area contributed by atoms with Crippen molar-refractivity contribution in [1.82, 2.24) is 20.4 Å². The smallest absolute Gasteiger partial charge is 0.191 e. The molecular weight excluding hydrogens is 373 g/mol. The van der Waals surface area contributed by atoms with Crippen LogP contribution in [0.3, 0.4) is 0 Å². The molecule has 1 fully saturated rings. The second-order valence-corrected chi connectivity index (χ2v) is 6.88. The summed E-state index contributed by atoms with van der Waals surface area (Å²) < 4.78 is 25.9. The molecule has 0 spiro atoms. The third-order valence-corrected chi connectivity index (χ3v) is 4.57. The monoisotopic (exact) mass is 403 g/mol. The number of aliphatic imine (C=N–C) groups is 1. The topological polar surface area (TPSA) is 72.7 Å². The van der Waals surface area contributed by atoms with Gasteiger partial charge in [0.25, 0.3) is 0 Å².